The summed E-state index contributed by atoms with van der Waals surface area (Å²) >= 11 is 0. The van der Waals surface area contributed by atoms with Gasteiger partial charge in [0.15, 0.2) is 5.78 Å². The summed E-state index contributed by atoms with van der Waals surface area (Å²) in [5, 5.41) is 10.6. The predicted octanol–water partition coefficient (Wildman–Crippen LogP) is 2.86. The van der Waals surface area contributed by atoms with Crippen LogP contribution in [-0.4, -0.2) is 45.8 Å². The van der Waals surface area contributed by atoms with Gasteiger partial charge in [-0.1, -0.05) is 36.4 Å². The molecule has 0 bridgehead atoms. The van der Waals surface area contributed by atoms with E-state index in [1.54, 1.807) is 18.2 Å². The zero-order chi connectivity index (χ0) is 23.1. The first kappa shape index (κ1) is 22.9. The Bertz CT molecular complexity index is 1040. The van der Waals surface area contributed by atoms with Gasteiger partial charge < -0.3 is 16.0 Å². The molecule has 2 amide bonds. The van der Waals surface area contributed by atoms with Crippen molar-refractivity contribution in [3.05, 3.63) is 72.1 Å². The van der Waals surface area contributed by atoms with E-state index in [4.69, 9.17) is 11.1 Å². The van der Waals surface area contributed by atoms with Crippen molar-refractivity contribution in [1.82, 2.24) is 9.88 Å². The van der Waals surface area contributed by atoms with Gasteiger partial charge in [-0.05, 0) is 42.9 Å². The van der Waals surface area contributed by atoms with Gasteiger partial charge in [0, 0.05) is 26.3 Å². The van der Waals surface area contributed by atoms with Crippen LogP contribution < -0.4 is 11.1 Å². The molecule has 1 aromatic heterocycles. The molecule has 2 aliphatic rings. The molecular formula is C24H29N5O3. The van der Waals surface area contributed by atoms with Gasteiger partial charge in [-0.15, -0.1) is 0 Å². The highest BCUT2D eigenvalue weighted by molar-refractivity contribution is 6.45. The largest absolute Gasteiger partial charge is 0.368 e. The Morgan fingerprint density at radius 2 is 1.91 bits per heavy atom. The molecule has 0 unspecified atom stereocenters. The number of hydrogen-bond donors (Lipinski definition) is 3. The number of nitrogens with two attached hydrogens (primary N) is 1. The Morgan fingerprint density at radius 3 is 2.53 bits per heavy atom. The molecule has 0 spiro atoms. The molecule has 4 N–H and O–H groups in total. The van der Waals surface area contributed by atoms with E-state index in [-0.39, 0.29) is 25.4 Å². The minimum Gasteiger partial charge on any atom is -0.368 e. The number of amides is 2. The number of anilines is 1. The predicted molar refractivity (Wildman–Crippen MR) is 124 cm³/mol. The number of aromatic nitrogens is 1. The van der Waals surface area contributed by atoms with Gasteiger partial charge in [-0.2, -0.15) is 0 Å². The average Bonchev–Trinajstić information content (AvgIpc) is 3.53. The summed E-state index contributed by atoms with van der Waals surface area (Å²) in [6, 6.07) is 13.3. The Balaban J connectivity index is 0.000000319. The molecule has 4 rings (SSSR count). The van der Waals surface area contributed by atoms with E-state index in [1.165, 1.54) is 42.6 Å². The summed E-state index contributed by atoms with van der Waals surface area (Å²) in [7, 11) is 0. The molecule has 1 fully saturated rings. The monoisotopic (exact) mass is 435 g/mol. The first-order valence-corrected chi connectivity index (χ1v) is 10.5. The van der Waals surface area contributed by atoms with Crippen molar-refractivity contribution < 1.29 is 15.8 Å². The van der Waals surface area contributed by atoms with Crippen LogP contribution in [0.25, 0.3) is 0 Å². The standard InChI is InChI=1S/C15H17N5O3.C9H10.H2/c1-9(21)13(16)10-4-2-6-18-15(10)19-8-12(22)20-7-3-5-11(20)14(17)23;1-2-4-8(5-3-1)9-6-7-9;/h2-4,6-7,11,16H,5,8H2,1H3,(H2,17,23)(H,18,19);1-5,9H,6-7H2;1H/t11-;;/m0../s1. The molecule has 0 saturated heterocycles. The minimum atomic E-state index is -0.678. The topological polar surface area (TPSA) is 129 Å². The molecule has 32 heavy (non-hydrogen) atoms. The molecule has 0 radical (unpaired) electrons. The highest BCUT2D eigenvalue weighted by Gasteiger charge is 2.29. The lowest BCUT2D eigenvalue weighted by atomic mass is 10.1. The number of nitrogens with zero attached hydrogens (tertiary/aromatic N) is 2. The van der Waals surface area contributed by atoms with E-state index >= 15 is 0 Å². The summed E-state index contributed by atoms with van der Waals surface area (Å²) < 4.78 is 0. The minimum absolute atomic E-state index is 0. The van der Waals surface area contributed by atoms with Crippen molar-refractivity contribution in [2.24, 2.45) is 5.73 Å². The van der Waals surface area contributed by atoms with Crippen LogP contribution in [0.5, 0.6) is 0 Å². The van der Waals surface area contributed by atoms with Gasteiger partial charge in [-0.3, -0.25) is 19.8 Å². The summed E-state index contributed by atoms with van der Waals surface area (Å²) in [5.74, 6) is -0.150. The summed E-state index contributed by atoms with van der Waals surface area (Å²) in [4.78, 5) is 40.2. The SMILES string of the molecule is CC(=O)C(=N)c1cccnc1NCC(=O)N1C=CC[C@H]1C(N)=O.[HH].c1ccc(C2CC2)cc1. The maximum Gasteiger partial charge on any atom is 0.246 e. The highest BCUT2D eigenvalue weighted by Crippen LogP contribution is 2.39. The third kappa shape index (κ3) is 5.87. The Morgan fingerprint density at radius 1 is 1.19 bits per heavy atom. The van der Waals surface area contributed by atoms with E-state index in [0.29, 0.717) is 12.0 Å². The van der Waals surface area contributed by atoms with Gasteiger partial charge in [0.25, 0.3) is 0 Å². The number of hydrogen-bond acceptors (Lipinski definition) is 6. The van der Waals surface area contributed by atoms with E-state index in [9.17, 15) is 14.4 Å². The number of benzene rings is 1. The lowest BCUT2D eigenvalue weighted by molar-refractivity contribution is -0.134. The van der Waals surface area contributed by atoms with E-state index < -0.39 is 17.7 Å². The quantitative estimate of drug-likeness (QED) is 0.576. The second kappa shape index (κ2) is 10.5. The molecule has 1 saturated carbocycles. The number of primary amides is 1. The third-order valence-corrected chi connectivity index (χ3v) is 5.26. The second-order valence-corrected chi connectivity index (χ2v) is 7.71. The molecule has 8 heteroatoms. The number of pyridine rings is 1. The Hall–Kier alpha value is -3.81. The lowest BCUT2D eigenvalue weighted by Gasteiger charge is -2.21. The number of carbonyl (C=O) groups is 3. The van der Waals surface area contributed by atoms with Crippen LogP contribution in [0.2, 0.25) is 0 Å². The Labute approximate surface area is 188 Å². The van der Waals surface area contributed by atoms with Crippen molar-refractivity contribution >= 4 is 29.1 Å². The van der Waals surface area contributed by atoms with Crippen molar-refractivity contribution in [2.45, 2.75) is 38.1 Å². The highest BCUT2D eigenvalue weighted by atomic mass is 16.2. The van der Waals surface area contributed by atoms with Crippen LogP contribution in [0.3, 0.4) is 0 Å². The van der Waals surface area contributed by atoms with Gasteiger partial charge in [0.2, 0.25) is 11.8 Å². The molecule has 1 aromatic carbocycles. The lowest BCUT2D eigenvalue weighted by Crippen LogP contribution is -2.44. The van der Waals surface area contributed by atoms with Crippen LogP contribution in [-0.2, 0) is 14.4 Å². The molecule has 168 valence electrons. The maximum absolute atomic E-state index is 12.2. The fraction of sp³-hybridized carbons (Fsp3) is 0.292. The summed E-state index contributed by atoms with van der Waals surface area (Å²) in [6.45, 7) is 1.15. The molecular weight excluding hydrogens is 406 g/mol. The van der Waals surface area contributed by atoms with Crippen LogP contribution in [0.4, 0.5) is 5.82 Å². The number of carbonyl (C=O) groups excluding carboxylic acids is 3. The molecule has 1 aliphatic heterocycles. The van der Waals surface area contributed by atoms with E-state index in [1.807, 2.05) is 0 Å². The average molecular weight is 436 g/mol. The molecule has 1 aliphatic carbocycles. The number of Topliss-reactive ketones (excluding diaryl/α,β-unsaturated/α-hetero) is 1. The van der Waals surface area contributed by atoms with Crippen molar-refractivity contribution in [2.75, 3.05) is 11.9 Å². The van der Waals surface area contributed by atoms with Crippen molar-refractivity contribution in [3.63, 3.8) is 0 Å². The zero-order valence-electron chi connectivity index (χ0n) is 18.0. The first-order valence-electron chi connectivity index (χ1n) is 10.5. The van der Waals surface area contributed by atoms with E-state index in [0.717, 1.165) is 5.92 Å². The van der Waals surface area contributed by atoms with Gasteiger partial charge in [0.1, 0.15) is 17.6 Å². The van der Waals surface area contributed by atoms with Gasteiger partial charge >= 0.3 is 0 Å². The molecule has 1 atom stereocenters. The van der Waals surface area contributed by atoms with Crippen molar-refractivity contribution in [3.8, 4) is 0 Å². The zero-order valence-corrected chi connectivity index (χ0v) is 18.0. The normalized spacial score (nSPS) is 16.7. The number of nitrogens with one attached hydrogen (secondary N) is 2. The fourth-order valence-electron chi connectivity index (χ4n) is 3.36. The first-order chi connectivity index (χ1) is 15.4. The van der Waals surface area contributed by atoms with Gasteiger partial charge in [-0.25, -0.2) is 4.98 Å². The van der Waals surface area contributed by atoms with Crippen LogP contribution >= 0.6 is 0 Å². The molecule has 2 heterocycles. The second-order valence-electron chi connectivity index (χ2n) is 7.71. The van der Waals surface area contributed by atoms with Crippen LogP contribution in [0.15, 0.2) is 60.9 Å². The van der Waals surface area contributed by atoms with Crippen molar-refractivity contribution in [1.29, 1.82) is 5.41 Å². The Kier molecular flexibility index (Phi) is 7.49. The van der Waals surface area contributed by atoms with Crippen LogP contribution in [0.1, 0.15) is 44.7 Å². The number of rotatable bonds is 7. The summed E-state index contributed by atoms with van der Waals surface area (Å²) in [5.41, 5.74) is 6.91. The summed E-state index contributed by atoms with van der Waals surface area (Å²) in [6.07, 6.45) is 7.92. The molecule has 8 nitrogen and oxygen atoms in total. The smallest absolute Gasteiger partial charge is 0.246 e. The van der Waals surface area contributed by atoms with E-state index in [2.05, 4.69) is 40.6 Å². The number of ketones is 1. The maximum atomic E-state index is 12.2. The fourth-order valence-corrected chi connectivity index (χ4v) is 3.36. The van der Waals surface area contributed by atoms with Gasteiger partial charge in [0.05, 0.1) is 6.54 Å². The van der Waals surface area contributed by atoms with Crippen LogP contribution in [0, 0.1) is 5.41 Å². The molecule has 2 aromatic rings. The third-order valence-electron chi connectivity index (χ3n) is 5.26.